The minimum absolute atomic E-state index is 0.153. The molecule has 21 heavy (non-hydrogen) atoms. The van der Waals surface area contributed by atoms with Gasteiger partial charge in [0.05, 0.1) is 7.11 Å². The second-order valence-electron chi connectivity index (χ2n) is 4.91. The van der Waals surface area contributed by atoms with Crippen LogP contribution in [0.3, 0.4) is 0 Å². The van der Waals surface area contributed by atoms with E-state index in [0.29, 0.717) is 16.5 Å². The van der Waals surface area contributed by atoms with Gasteiger partial charge in [0.15, 0.2) is 0 Å². The third-order valence-electron chi connectivity index (χ3n) is 3.49. The van der Waals surface area contributed by atoms with Crippen LogP contribution < -0.4 is 9.47 Å². The van der Waals surface area contributed by atoms with Crippen molar-refractivity contribution >= 4 is 11.6 Å². The molecule has 0 radical (unpaired) electrons. The second kappa shape index (κ2) is 6.83. The fourth-order valence-corrected chi connectivity index (χ4v) is 2.27. The van der Waals surface area contributed by atoms with Gasteiger partial charge in [0.2, 0.25) is 0 Å². The van der Waals surface area contributed by atoms with Gasteiger partial charge in [0, 0.05) is 10.6 Å². The maximum absolute atomic E-state index is 10.3. The summed E-state index contributed by atoms with van der Waals surface area (Å²) in [4.78, 5) is 0. The summed E-state index contributed by atoms with van der Waals surface area (Å²) in [6, 6.07) is 10.9. The van der Waals surface area contributed by atoms with Gasteiger partial charge in [-0.25, -0.2) is 0 Å². The SMILES string of the molecule is COc1c(C(O)COc2ccc(Cl)cc2)ccc(C)c1C. The van der Waals surface area contributed by atoms with Crippen molar-refractivity contribution in [2.24, 2.45) is 0 Å². The molecule has 3 nitrogen and oxygen atoms in total. The Morgan fingerprint density at radius 2 is 1.76 bits per heavy atom. The first kappa shape index (κ1) is 15.7. The Morgan fingerprint density at radius 1 is 1.10 bits per heavy atom. The lowest BCUT2D eigenvalue weighted by Gasteiger charge is -2.18. The van der Waals surface area contributed by atoms with E-state index in [1.54, 1.807) is 31.4 Å². The molecule has 0 bridgehead atoms. The smallest absolute Gasteiger partial charge is 0.127 e. The molecule has 0 amide bonds. The second-order valence-corrected chi connectivity index (χ2v) is 5.35. The zero-order valence-electron chi connectivity index (χ0n) is 12.4. The molecule has 1 unspecified atom stereocenters. The molecule has 1 atom stereocenters. The zero-order chi connectivity index (χ0) is 15.4. The van der Waals surface area contributed by atoms with Crippen molar-refractivity contribution in [1.29, 1.82) is 0 Å². The quantitative estimate of drug-likeness (QED) is 0.904. The monoisotopic (exact) mass is 306 g/mol. The van der Waals surface area contributed by atoms with Crippen LogP contribution in [-0.2, 0) is 0 Å². The third-order valence-corrected chi connectivity index (χ3v) is 3.74. The summed E-state index contributed by atoms with van der Waals surface area (Å²) in [7, 11) is 1.61. The van der Waals surface area contributed by atoms with Gasteiger partial charge in [-0.3, -0.25) is 0 Å². The largest absolute Gasteiger partial charge is 0.496 e. The lowest BCUT2D eigenvalue weighted by Crippen LogP contribution is -2.11. The summed E-state index contributed by atoms with van der Waals surface area (Å²) >= 11 is 5.82. The van der Waals surface area contributed by atoms with Crippen LogP contribution in [0.2, 0.25) is 5.02 Å². The van der Waals surface area contributed by atoms with Crippen LogP contribution in [0.25, 0.3) is 0 Å². The van der Waals surface area contributed by atoms with Crippen LogP contribution in [0, 0.1) is 13.8 Å². The number of hydrogen-bond acceptors (Lipinski definition) is 3. The molecular formula is C17H19ClO3. The Hall–Kier alpha value is -1.71. The predicted octanol–water partition coefficient (Wildman–Crippen LogP) is 4.08. The van der Waals surface area contributed by atoms with Gasteiger partial charge in [0.25, 0.3) is 0 Å². The van der Waals surface area contributed by atoms with E-state index in [-0.39, 0.29) is 6.61 Å². The van der Waals surface area contributed by atoms with Crippen LogP contribution in [0.15, 0.2) is 36.4 Å². The number of methoxy groups -OCH3 is 1. The summed E-state index contributed by atoms with van der Waals surface area (Å²) in [6.45, 7) is 4.14. The molecule has 0 aliphatic heterocycles. The third kappa shape index (κ3) is 3.69. The average Bonchev–Trinajstić information content (AvgIpc) is 2.49. The number of hydrogen-bond donors (Lipinski definition) is 1. The van der Waals surface area contributed by atoms with Crippen LogP contribution in [0.4, 0.5) is 0 Å². The van der Waals surface area contributed by atoms with Gasteiger partial charge in [-0.15, -0.1) is 0 Å². The van der Waals surface area contributed by atoms with Crippen molar-refractivity contribution in [2.75, 3.05) is 13.7 Å². The van der Waals surface area contributed by atoms with E-state index >= 15 is 0 Å². The Kier molecular flexibility index (Phi) is 5.10. The number of aliphatic hydroxyl groups excluding tert-OH is 1. The molecule has 0 spiro atoms. The molecule has 2 aromatic rings. The summed E-state index contributed by atoms with van der Waals surface area (Å²) in [5.74, 6) is 1.38. The van der Waals surface area contributed by atoms with Crippen LogP contribution >= 0.6 is 11.6 Å². The number of aryl methyl sites for hydroxylation is 1. The van der Waals surface area contributed by atoms with Crippen molar-refractivity contribution in [3.8, 4) is 11.5 Å². The molecule has 0 heterocycles. The zero-order valence-corrected chi connectivity index (χ0v) is 13.1. The molecule has 0 fully saturated rings. The van der Waals surface area contributed by atoms with Crippen LogP contribution in [0.1, 0.15) is 22.8 Å². The summed E-state index contributed by atoms with van der Waals surface area (Å²) in [5, 5.41) is 11.0. The molecule has 0 saturated carbocycles. The number of rotatable bonds is 5. The van der Waals surface area contributed by atoms with E-state index in [4.69, 9.17) is 21.1 Å². The molecule has 2 aromatic carbocycles. The Morgan fingerprint density at radius 3 is 2.38 bits per heavy atom. The van der Waals surface area contributed by atoms with E-state index in [9.17, 15) is 5.11 Å². The molecule has 0 aromatic heterocycles. The van der Waals surface area contributed by atoms with Gasteiger partial charge >= 0.3 is 0 Å². The first-order valence-corrected chi connectivity index (χ1v) is 7.11. The van der Waals surface area contributed by atoms with Crippen LogP contribution in [0.5, 0.6) is 11.5 Å². The Labute approximate surface area is 130 Å². The molecule has 0 aliphatic carbocycles. The number of ether oxygens (including phenoxy) is 2. The van der Waals surface area contributed by atoms with Crippen molar-refractivity contribution in [3.05, 3.63) is 58.1 Å². The van der Waals surface area contributed by atoms with Gasteiger partial charge in [0.1, 0.15) is 24.2 Å². The van der Waals surface area contributed by atoms with Crippen molar-refractivity contribution in [1.82, 2.24) is 0 Å². The first-order chi connectivity index (χ1) is 10.0. The highest BCUT2D eigenvalue weighted by Gasteiger charge is 2.16. The minimum atomic E-state index is -0.755. The van der Waals surface area contributed by atoms with E-state index in [1.807, 2.05) is 26.0 Å². The van der Waals surface area contributed by atoms with Crippen LogP contribution in [-0.4, -0.2) is 18.8 Å². The van der Waals surface area contributed by atoms with Gasteiger partial charge in [-0.1, -0.05) is 23.7 Å². The fourth-order valence-electron chi connectivity index (χ4n) is 2.14. The summed E-state index contributed by atoms with van der Waals surface area (Å²) in [5.41, 5.74) is 2.89. The molecule has 0 saturated heterocycles. The molecule has 0 aliphatic rings. The van der Waals surface area contributed by atoms with E-state index in [1.165, 1.54) is 0 Å². The molecular weight excluding hydrogens is 288 g/mol. The molecule has 4 heteroatoms. The lowest BCUT2D eigenvalue weighted by molar-refractivity contribution is 0.105. The highest BCUT2D eigenvalue weighted by molar-refractivity contribution is 6.30. The predicted molar refractivity (Wildman–Crippen MR) is 84.4 cm³/mol. The van der Waals surface area contributed by atoms with E-state index in [2.05, 4.69) is 0 Å². The van der Waals surface area contributed by atoms with Gasteiger partial charge in [-0.05, 0) is 49.2 Å². The molecule has 112 valence electrons. The Balaban J connectivity index is 2.11. The Bertz CT molecular complexity index is 608. The van der Waals surface area contributed by atoms with Gasteiger partial charge in [-0.2, -0.15) is 0 Å². The normalized spacial score (nSPS) is 12.0. The maximum atomic E-state index is 10.3. The molecule has 2 rings (SSSR count). The lowest BCUT2D eigenvalue weighted by atomic mass is 10.0. The van der Waals surface area contributed by atoms with Crippen molar-refractivity contribution in [2.45, 2.75) is 20.0 Å². The number of aliphatic hydroxyl groups is 1. The topological polar surface area (TPSA) is 38.7 Å². The number of halogens is 1. The maximum Gasteiger partial charge on any atom is 0.127 e. The summed E-state index contributed by atoms with van der Waals surface area (Å²) in [6.07, 6.45) is -0.755. The van der Waals surface area contributed by atoms with E-state index < -0.39 is 6.10 Å². The van der Waals surface area contributed by atoms with Crippen molar-refractivity contribution < 1.29 is 14.6 Å². The highest BCUT2D eigenvalue weighted by atomic mass is 35.5. The fraction of sp³-hybridized carbons (Fsp3) is 0.294. The highest BCUT2D eigenvalue weighted by Crippen LogP contribution is 2.31. The number of benzene rings is 2. The molecule has 1 N–H and O–H groups in total. The standard InChI is InChI=1S/C17H19ClO3/c1-11-4-9-15(17(20-3)12(11)2)16(19)10-21-14-7-5-13(18)6-8-14/h4-9,16,19H,10H2,1-3H3. The first-order valence-electron chi connectivity index (χ1n) is 6.73. The van der Waals surface area contributed by atoms with E-state index in [0.717, 1.165) is 16.7 Å². The summed E-state index contributed by atoms with van der Waals surface area (Å²) < 4.78 is 11.0. The van der Waals surface area contributed by atoms with Gasteiger partial charge < -0.3 is 14.6 Å². The van der Waals surface area contributed by atoms with Crippen molar-refractivity contribution in [3.63, 3.8) is 0 Å². The minimum Gasteiger partial charge on any atom is -0.496 e. The average molecular weight is 307 g/mol.